The molecule has 0 saturated heterocycles. The van der Waals surface area contributed by atoms with Crippen molar-refractivity contribution in [1.29, 1.82) is 0 Å². The molecule has 1 aromatic rings. The molecule has 4 nitrogen and oxygen atoms in total. The smallest absolute Gasteiger partial charge is 0.133 e. The zero-order valence-corrected chi connectivity index (χ0v) is 12.0. The fraction of sp³-hybridized carbons (Fsp3) is 0.667. The lowest BCUT2D eigenvalue weighted by Crippen LogP contribution is -2.37. The first-order valence-electron chi connectivity index (χ1n) is 7.27. The first-order chi connectivity index (χ1) is 9.27. The molecule has 1 unspecified atom stereocenters. The van der Waals surface area contributed by atoms with Crippen LogP contribution in [0.3, 0.4) is 0 Å². The third kappa shape index (κ3) is 3.25. The van der Waals surface area contributed by atoms with Gasteiger partial charge in [-0.25, -0.2) is 4.98 Å². The first kappa shape index (κ1) is 14.3. The largest absolute Gasteiger partial charge is 0.395 e. The molecule has 0 bridgehead atoms. The fourth-order valence-electron chi connectivity index (χ4n) is 2.93. The molecule has 2 rings (SSSR count). The summed E-state index contributed by atoms with van der Waals surface area (Å²) >= 11 is 0. The van der Waals surface area contributed by atoms with Crippen molar-refractivity contribution in [3.05, 3.63) is 23.9 Å². The Morgan fingerprint density at radius 1 is 1.47 bits per heavy atom. The van der Waals surface area contributed by atoms with Gasteiger partial charge < -0.3 is 15.3 Å². The number of aromatic nitrogens is 1. The zero-order valence-electron chi connectivity index (χ0n) is 12.0. The average Bonchev–Trinajstić information content (AvgIpc) is 2.98. The van der Waals surface area contributed by atoms with E-state index in [2.05, 4.69) is 28.2 Å². The van der Waals surface area contributed by atoms with Gasteiger partial charge in [-0.3, -0.25) is 0 Å². The third-order valence-electron chi connectivity index (χ3n) is 4.09. The third-order valence-corrected chi connectivity index (χ3v) is 4.09. The Morgan fingerprint density at radius 3 is 2.84 bits per heavy atom. The molecule has 0 aliphatic heterocycles. The molecular weight excluding hydrogens is 238 g/mol. The molecule has 106 valence electrons. The van der Waals surface area contributed by atoms with E-state index in [0.717, 1.165) is 5.82 Å². The number of pyridine rings is 1. The predicted octanol–water partition coefficient (Wildman–Crippen LogP) is 2.10. The Balaban J connectivity index is 2.29. The van der Waals surface area contributed by atoms with Crippen molar-refractivity contribution < 1.29 is 5.11 Å². The van der Waals surface area contributed by atoms with Crippen LogP contribution in [0.5, 0.6) is 0 Å². The van der Waals surface area contributed by atoms with Gasteiger partial charge in [0, 0.05) is 30.4 Å². The number of hydrogen-bond acceptors (Lipinski definition) is 4. The van der Waals surface area contributed by atoms with E-state index in [4.69, 9.17) is 0 Å². The Labute approximate surface area is 115 Å². The van der Waals surface area contributed by atoms with Gasteiger partial charge in [0.1, 0.15) is 5.82 Å². The minimum atomic E-state index is 0.181. The summed E-state index contributed by atoms with van der Waals surface area (Å²) in [7, 11) is 1.97. The molecule has 1 atom stereocenters. The van der Waals surface area contributed by atoms with Crippen LogP contribution in [0.25, 0.3) is 0 Å². The molecule has 19 heavy (non-hydrogen) atoms. The summed E-state index contributed by atoms with van der Waals surface area (Å²) < 4.78 is 0. The quantitative estimate of drug-likeness (QED) is 0.825. The van der Waals surface area contributed by atoms with Gasteiger partial charge in [-0.05, 0) is 32.9 Å². The molecule has 1 aliphatic carbocycles. The van der Waals surface area contributed by atoms with Gasteiger partial charge in [-0.1, -0.05) is 18.9 Å². The van der Waals surface area contributed by atoms with Crippen LogP contribution in [0.4, 0.5) is 5.82 Å². The molecule has 1 aromatic heterocycles. The van der Waals surface area contributed by atoms with Gasteiger partial charge in [0.2, 0.25) is 0 Å². The van der Waals surface area contributed by atoms with Crippen molar-refractivity contribution in [2.45, 2.75) is 44.7 Å². The van der Waals surface area contributed by atoms with E-state index in [0.29, 0.717) is 12.6 Å². The predicted molar refractivity (Wildman–Crippen MR) is 78.4 cm³/mol. The van der Waals surface area contributed by atoms with Crippen molar-refractivity contribution in [2.75, 3.05) is 25.1 Å². The maximum atomic E-state index is 9.36. The highest BCUT2D eigenvalue weighted by Crippen LogP contribution is 2.31. The monoisotopic (exact) mass is 263 g/mol. The summed E-state index contributed by atoms with van der Waals surface area (Å²) in [5.41, 5.74) is 1.21. The fourth-order valence-corrected chi connectivity index (χ4v) is 2.93. The van der Waals surface area contributed by atoms with Crippen LogP contribution in [0.1, 0.15) is 44.2 Å². The molecule has 1 fully saturated rings. The summed E-state index contributed by atoms with van der Waals surface area (Å²) in [4.78, 5) is 6.89. The Hall–Kier alpha value is -1.13. The van der Waals surface area contributed by atoms with Crippen LogP contribution >= 0.6 is 0 Å². The van der Waals surface area contributed by atoms with Crippen molar-refractivity contribution in [3.63, 3.8) is 0 Å². The summed E-state index contributed by atoms with van der Waals surface area (Å²) in [6.45, 7) is 3.00. The van der Waals surface area contributed by atoms with Crippen molar-refractivity contribution >= 4 is 5.82 Å². The first-order valence-corrected chi connectivity index (χ1v) is 7.27. The average molecular weight is 263 g/mol. The van der Waals surface area contributed by atoms with Gasteiger partial charge in [-0.2, -0.15) is 0 Å². The second kappa shape index (κ2) is 6.87. The summed E-state index contributed by atoms with van der Waals surface area (Å²) in [6.07, 6.45) is 6.85. The normalized spacial score (nSPS) is 17.6. The van der Waals surface area contributed by atoms with Gasteiger partial charge in [0.15, 0.2) is 0 Å². The molecule has 0 spiro atoms. The molecule has 0 amide bonds. The Morgan fingerprint density at radius 2 is 2.21 bits per heavy atom. The number of rotatable bonds is 6. The van der Waals surface area contributed by atoms with Gasteiger partial charge >= 0.3 is 0 Å². The van der Waals surface area contributed by atoms with E-state index in [-0.39, 0.29) is 12.6 Å². The number of hydrogen-bond donors (Lipinski definition) is 2. The standard InChI is InChI=1S/C15H25N3O/c1-12(16-2)14-8-5-9-17-15(14)18(10-11-19)13-6-3-4-7-13/h5,8-9,12-13,16,19H,3-4,6-7,10-11H2,1-2H3. The van der Waals surface area contributed by atoms with Gasteiger partial charge in [0.05, 0.1) is 6.61 Å². The van der Waals surface area contributed by atoms with Crippen LogP contribution < -0.4 is 10.2 Å². The highest BCUT2D eigenvalue weighted by atomic mass is 16.3. The van der Waals surface area contributed by atoms with Crippen molar-refractivity contribution in [3.8, 4) is 0 Å². The van der Waals surface area contributed by atoms with E-state index >= 15 is 0 Å². The topological polar surface area (TPSA) is 48.4 Å². The lowest BCUT2D eigenvalue weighted by molar-refractivity contribution is 0.296. The maximum Gasteiger partial charge on any atom is 0.133 e. The zero-order chi connectivity index (χ0) is 13.7. The molecule has 1 saturated carbocycles. The van der Waals surface area contributed by atoms with E-state index in [1.165, 1.54) is 31.2 Å². The highest BCUT2D eigenvalue weighted by molar-refractivity contribution is 5.49. The Kier molecular flexibility index (Phi) is 5.16. The van der Waals surface area contributed by atoms with Crippen molar-refractivity contribution in [2.24, 2.45) is 0 Å². The molecule has 0 aromatic carbocycles. The maximum absolute atomic E-state index is 9.36. The number of nitrogens with zero attached hydrogens (tertiary/aromatic N) is 2. The molecule has 0 radical (unpaired) electrons. The van der Waals surface area contributed by atoms with Crippen LogP contribution in [0.2, 0.25) is 0 Å². The lowest BCUT2D eigenvalue weighted by atomic mass is 10.1. The van der Waals surface area contributed by atoms with E-state index < -0.39 is 0 Å². The molecule has 4 heteroatoms. The van der Waals surface area contributed by atoms with Crippen LogP contribution in [-0.4, -0.2) is 36.3 Å². The van der Waals surface area contributed by atoms with E-state index in [1.807, 2.05) is 19.3 Å². The molecule has 1 heterocycles. The molecular formula is C15H25N3O. The summed E-state index contributed by atoms with van der Waals surface area (Å²) in [5.74, 6) is 1.03. The molecule has 2 N–H and O–H groups in total. The Bertz CT molecular complexity index is 391. The van der Waals surface area contributed by atoms with E-state index in [9.17, 15) is 5.11 Å². The van der Waals surface area contributed by atoms with Crippen LogP contribution in [0, 0.1) is 0 Å². The second-order valence-electron chi connectivity index (χ2n) is 5.28. The van der Waals surface area contributed by atoms with Gasteiger partial charge in [0.25, 0.3) is 0 Å². The van der Waals surface area contributed by atoms with Crippen LogP contribution in [0.15, 0.2) is 18.3 Å². The second-order valence-corrected chi connectivity index (χ2v) is 5.28. The van der Waals surface area contributed by atoms with E-state index in [1.54, 1.807) is 0 Å². The summed E-state index contributed by atoms with van der Waals surface area (Å²) in [6, 6.07) is 4.91. The minimum Gasteiger partial charge on any atom is -0.395 e. The van der Waals surface area contributed by atoms with Crippen LogP contribution in [-0.2, 0) is 0 Å². The number of aliphatic hydroxyl groups excluding tert-OH is 1. The van der Waals surface area contributed by atoms with Crippen molar-refractivity contribution in [1.82, 2.24) is 10.3 Å². The highest BCUT2D eigenvalue weighted by Gasteiger charge is 2.25. The number of nitrogens with one attached hydrogen (secondary N) is 1. The van der Waals surface area contributed by atoms with Gasteiger partial charge in [-0.15, -0.1) is 0 Å². The minimum absolute atomic E-state index is 0.181. The molecule has 1 aliphatic rings. The summed E-state index contributed by atoms with van der Waals surface area (Å²) in [5, 5.41) is 12.6. The number of anilines is 1. The number of aliphatic hydroxyl groups is 1. The lowest BCUT2D eigenvalue weighted by Gasteiger charge is -2.32. The SMILES string of the molecule is CNC(C)c1cccnc1N(CCO)C1CCCC1.